The number of amides is 1. The van der Waals surface area contributed by atoms with Crippen LogP contribution in [0.3, 0.4) is 0 Å². The molecule has 1 amide bonds. The zero-order valence-corrected chi connectivity index (χ0v) is 31.2. The molecule has 1 saturated heterocycles. The number of aromatic amines is 1. The van der Waals surface area contributed by atoms with Gasteiger partial charge in [0.15, 0.2) is 35.2 Å². The lowest BCUT2D eigenvalue weighted by Gasteiger charge is -2.55. The second-order valence-electron chi connectivity index (χ2n) is 12.2. The van der Waals surface area contributed by atoms with E-state index in [2.05, 4.69) is 33.0 Å². The highest BCUT2D eigenvalue weighted by Crippen LogP contribution is 2.71. The largest absolute Gasteiger partial charge is 0.449 e. The Hall–Kier alpha value is -1.74. The summed E-state index contributed by atoms with van der Waals surface area (Å²) in [5.74, 6) is 4.58. The molecule has 0 radical (unpaired) electrons. The number of ether oxygens (including phenoxy) is 1. The lowest BCUT2D eigenvalue weighted by molar-refractivity contribution is -0.148. The summed E-state index contributed by atoms with van der Waals surface area (Å²) in [5.41, 5.74) is -0.968. The Balaban J connectivity index is 1.35. The third kappa shape index (κ3) is 10.6. The van der Waals surface area contributed by atoms with Crippen LogP contribution < -0.4 is 16.6 Å². The van der Waals surface area contributed by atoms with Crippen molar-refractivity contribution in [1.82, 2.24) is 19.5 Å². The Morgan fingerprint density at radius 2 is 1.94 bits per heavy atom. The summed E-state index contributed by atoms with van der Waals surface area (Å²) in [5, 5.41) is 2.69. The Bertz CT molecular complexity index is 1380. The number of carbonyl (C=O) groups excluding carboxylic acids is 1. The van der Waals surface area contributed by atoms with Crippen molar-refractivity contribution in [2.75, 3.05) is 31.5 Å². The first kappa shape index (κ1) is 38.1. The standard InChI is InChI=1S/C31H46IN4O9PS/c1-6-7-17-42-46(36(22(2)3)23(4)5)45-47(21-41-44-32)20-28(43-47)35-18-24(29(37)34-30(35)38)13-12-16-33-31(39)40-19-27-25-14-10-8-9-11-15-26(25)27/h1,8-9,12-13,18,22-23,25-28H,7,10-11,14-17,19-21H2,2-5H3,(H,33,39)(H,34,37,38)/b9-8-,13-12+. The molecule has 5 unspecified atom stereocenters. The Morgan fingerprint density at radius 1 is 1.26 bits per heavy atom. The summed E-state index contributed by atoms with van der Waals surface area (Å²) in [6.07, 6.45) is 18.2. The van der Waals surface area contributed by atoms with Crippen LogP contribution in [-0.4, -0.2) is 63.8 Å². The number of terminal acetylenes is 1. The second kappa shape index (κ2) is 18.3. The summed E-state index contributed by atoms with van der Waals surface area (Å²) < 4.78 is 32.6. The molecule has 16 heteroatoms. The average molecular weight is 809 g/mol. The van der Waals surface area contributed by atoms with Gasteiger partial charge in [-0.25, -0.2) is 23.1 Å². The van der Waals surface area contributed by atoms with Gasteiger partial charge in [0, 0.05) is 31.2 Å². The number of carbonyl (C=O) groups is 1. The molecule has 1 aliphatic heterocycles. The van der Waals surface area contributed by atoms with Crippen molar-refractivity contribution < 1.29 is 30.3 Å². The molecule has 1 aromatic heterocycles. The van der Waals surface area contributed by atoms with E-state index < -0.39 is 42.7 Å². The van der Waals surface area contributed by atoms with Crippen molar-refractivity contribution in [2.45, 2.75) is 78.1 Å². The minimum absolute atomic E-state index is 0.0142. The van der Waals surface area contributed by atoms with Gasteiger partial charge in [0.25, 0.3) is 14.1 Å². The second-order valence-corrected chi connectivity index (χ2v) is 16.6. The molecule has 1 aromatic rings. The Kier molecular flexibility index (Phi) is 14.8. The number of fused-ring (bicyclic) bond motifs is 1. The van der Waals surface area contributed by atoms with Crippen molar-refractivity contribution in [3.8, 4) is 12.3 Å². The molecule has 2 aliphatic carbocycles. The fourth-order valence-electron chi connectivity index (χ4n) is 6.00. The summed E-state index contributed by atoms with van der Waals surface area (Å²) in [6, 6.07) is 0.200. The van der Waals surface area contributed by atoms with Crippen molar-refractivity contribution >= 4 is 54.3 Å². The van der Waals surface area contributed by atoms with Crippen LogP contribution in [0.4, 0.5) is 4.79 Å². The van der Waals surface area contributed by atoms with Gasteiger partial charge >= 0.3 is 11.8 Å². The molecule has 0 aromatic carbocycles. The highest BCUT2D eigenvalue weighted by molar-refractivity contribution is 14.1. The molecule has 2 heterocycles. The van der Waals surface area contributed by atoms with Gasteiger partial charge in [-0.1, -0.05) is 24.3 Å². The fourth-order valence-corrected chi connectivity index (χ4v) is 10.8. The third-order valence-corrected chi connectivity index (χ3v) is 13.6. The molecule has 5 atom stereocenters. The van der Waals surface area contributed by atoms with Gasteiger partial charge in [-0.15, -0.1) is 22.9 Å². The number of H-pyrrole nitrogens is 1. The maximum atomic E-state index is 12.8. The predicted molar refractivity (Wildman–Crippen MR) is 191 cm³/mol. The van der Waals surface area contributed by atoms with Gasteiger partial charge in [0.1, 0.15) is 0 Å². The van der Waals surface area contributed by atoms with Crippen molar-refractivity contribution in [3.05, 3.63) is 50.8 Å². The van der Waals surface area contributed by atoms with Crippen LogP contribution >= 0.6 is 42.1 Å². The van der Waals surface area contributed by atoms with Crippen LogP contribution in [0.5, 0.6) is 0 Å². The van der Waals surface area contributed by atoms with Crippen LogP contribution in [0.25, 0.3) is 6.08 Å². The van der Waals surface area contributed by atoms with E-state index in [4.69, 9.17) is 31.9 Å². The zero-order valence-electron chi connectivity index (χ0n) is 27.3. The third-order valence-electron chi connectivity index (χ3n) is 8.23. The van der Waals surface area contributed by atoms with Crippen molar-refractivity contribution in [3.63, 3.8) is 0 Å². The summed E-state index contributed by atoms with van der Waals surface area (Å²) in [7, 11) is -3.97. The van der Waals surface area contributed by atoms with Crippen LogP contribution in [0.2, 0.25) is 0 Å². The number of hydrogen-bond donors (Lipinski definition) is 2. The van der Waals surface area contributed by atoms with E-state index in [0.29, 0.717) is 37.4 Å². The maximum absolute atomic E-state index is 12.8. The predicted octanol–water partition coefficient (Wildman–Crippen LogP) is 6.09. The van der Waals surface area contributed by atoms with E-state index in [-0.39, 0.29) is 35.9 Å². The maximum Gasteiger partial charge on any atom is 0.407 e. The van der Waals surface area contributed by atoms with E-state index in [9.17, 15) is 14.4 Å². The average Bonchev–Trinajstić information content (AvgIpc) is 3.64. The van der Waals surface area contributed by atoms with Gasteiger partial charge in [-0.3, -0.25) is 18.5 Å². The number of rotatable bonds is 17. The molecule has 13 nitrogen and oxygen atoms in total. The van der Waals surface area contributed by atoms with Crippen LogP contribution in [0.1, 0.15) is 71.6 Å². The summed E-state index contributed by atoms with van der Waals surface area (Å²) in [6.45, 7) is 9.07. The van der Waals surface area contributed by atoms with E-state index in [1.54, 1.807) is 29.1 Å². The Labute approximate surface area is 293 Å². The van der Waals surface area contributed by atoms with E-state index in [0.717, 1.165) is 25.7 Å². The summed E-state index contributed by atoms with van der Waals surface area (Å²) >= 11 is 1.62. The zero-order chi connectivity index (χ0) is 34.0. The molecular formula is C31H46IN4O9PS. The molecule has 4 rings (SSSR count). The number of aromatic nitrogens is 2. The topological polar surface area (TPSA) is 143 Å². The first-order valence-corrected chi connectivity index (χ1v) is 19.7. The number of nitrogens with one attached hydrogen (secondary N) is 2. The number of alkyl carbamates (subject to hydrolysis) is 1. The first-order chi connectivity index (χ1) is 22.6. The molecule has 0 spiro atoms. The van der Waals surface area contributed by atoms with Crippen molar-refractivity contribution in [2.24, 2.45) is 17.8 Å². The van der Waals surface area contributed by atoms with E-state index >= 15 is 0 Å². The molecule has 1 saturated carbocycles. The highest BCUT2D eigenvalue weighted by atomic mass is 127. The molecule has 262 valence electrons. The van der Waals surface area contributed by atoms with Gasteiger partial charge in [0.2, 0.25) is 0 Å². The van der Waals surface area contributed by atoms with Crippen molar-refractivity contribution in [1.29, 1.82) is 0 Å². The molecule has 2 fully saturated rings. The molecular weight excluding hydrogens is 762 g/mol. The molecule has 47 heavy (non-hydrogen) atoms. The molecule has 2 N–H and O–H groups in total. The molecule has 3 aliphatic rings. The van der Waals surface area contributed by atoms with Crippen LogP contribution in [0, 0.1) is 30.1 Å². The van der Waals surface area contributed by atoms with Gasteiger partial charge < -0.3 is 14.6 Å². The first-order valence-electron chi connectivity index (χ1n) is 15.9. The van der Waals surface area contributed by atoms with Gasteiger partial charge in [0.05, 0.1) is 24.5 Å². The quantitative estimate of drug-likeness (QED) is 0.0361. The van der Waals surface area contributed by atoms with Crippen LogP contribution in [0.15, 0.2) is 34.0 Å². The lowest BCUT2D eigenvalue weighted by Crippen LogP contribution is -2.44. The highest BCUT2D eigenvalue weighted by Gasteiger charge is 2.49. The smallest absolute Gasteiger partial charge is 0.407 e. The minimum atomic E-state index is -2.37. The number of halogens is 1. The monoisotopic (exact) mass is 808 g/mol. The van der Waals surface area contributed by atoms with Gasteiger partial charge in [-0.2, -0.15) is 3.22 Å². The Morgan fingerprint density at radius 3 is 2.55 bits per heavy atom. The molecule has 0 bridgehead atoms. The van der Waals surface area contributed by atoms with Gasteiger partial charge in [-0.05, 0) is 71.1 Å². The lowest BCUT2D eigenvalue weighted by atomic mass is 10.1. The summed E-state index contributed by atoms with van der Waals surface area (Å²) in [4.78, 5) is 45.3. The number of allylic oxidation sites excluding steroid dienone is 2. The number of nitrogens with zero attached hydrogens (tertiary/aromatic N) is 2. The minimum Gasteiger partial charge on any atom is -0.449 e. The van der Waals surface area contributed by atoms with E-state index in [1.807, 2.05) is 27.7 Å². The van der Waals surface area contributed by atoms with Crippen LogP contribution in [-0.2, 0) is 25.5 Å². The normalized spacial score (nSPS) is 28.1. The fraction of sp³-hybridized carbons (Fsp3) is 0.645. The van der Waals surface area contributed by atoms with E-state index in [1.165, 1.54) is 16.8 Å². The SMILES string of the molecule is C#CCCOP(OS1(COOI)CC(n2cc(/C=C/CNC(=O)OCC3C4CC/C=C\CCC43)c(=O)[nH]c2=O)O1)N(C(C)C)C(C)C. The number of hydrogen-bond acceptors (Lipinski definition) is 10.